The number of hydrogen-bond acceptors (Lipinski definition) is 6. The summed E-state index contributed by atoms with van der Waals surface area (Å²) in [4.78, 5) is 21.4. The van der Waals surface area contributed by atoms with Crippen molar-refractivity contribution in [2.45, 2.75) is 40.5 Å². The van der Waals surface area contributed by atoms with Gasteiger partial charge in [-0.25, -0.2) is 14.5 Å². The number of carbonyl (C=O) groups excluding carboxylic acids is 1. The molecule has 8 heteroatoms. The lowest BCUT2D eigenvalue weighted by atomic mass is 10.1. The van der Waals surface area contributed by atoms with Crippen LogP contribution in [-0.2, 0) is 11.2 Å². The van der Waals surface area contributed by atoms with Crippen LogP contribution < -0.4 is 14.8 Å². The van der Waals surface area contributed by atoms with Gasteiger partial charge in [0, 0.05) is 29.9 Å². The van der Waals surface area contributed by atoms with Gasteiger partial charge >= 0.3 is 0 Å². The summed E-state index contributed by atoms with van der Waals surface area (Å²) in [6, 6.07) is 11.1. The number of aromatic nitrogens is 4. The van der Waals surface area contributed by atoms with Gasteiger partial charge in [-0.15, -0.1) is 0 Å². The highest BCUT2D eigenvalue weighted by Gasteiger charge is 2.13. The largest absolute Gasteiger partial charge is 0.493 e. The SMILES string of the molecule is COc1cc(C)ccc1Oc1ccc(NC(=O)CCc2c(C)nc3cc(C)nn3c2C)cn1. The highest BCUT2D eigenvalue weighted by Crippen LogP contribution is 2.31. The maximum atomic E-state index is 12.5. The Morgan fingerprint density at radius 3 is 2.61 bits per heavy atom. The van der Waals surface area contributed by atoms with E-state index in [1.807, 2.05) is 56.5 Å². The van der Waals surface area contributed by atoms with Crippen molar-refractivity contribution < 1.29 is 14.3 Å². The zero-order valence-corrected chi connectivity index (χ0v) is 19.5. The van der Waals surface area contributed by atoms with Gasteiger partial charge in [-0.2, -0.15) is 5.10 Å². The Bertz CT molecular complexity index is 1310. The smallest absolute Gasteiger partial charge is 0.224 e. The second-order valence-corrected chi connectivity index (χ2v) is 8.01. The van der Waals surface area contributed by atoms with E-state index in [0.29, 0.717) is 35.9 Å². The summed E-state index contributed by atoms with van der Waals surface area (Å²) in [5.74, 6) is 1.53. The summed E-state index contributed by atoms with van der Waals surface area (Å²) in [6.45, 7) is 7.90. The molecule has 1 amide bonds. The predicted octanol–water partition coefficient (Wildman–Crippen LogP) is 4.73. The number of fused-ring (bicyclic) bond motifs is 1. The number of carbonyl (C=O) groups is 1. The first-order chi connectivity index (χ1) is 15.8. The molecule has 170 valence electrons. The van der Waals surface area contributed by atoms with Crippen molar-refractivity contribution in [3.63, 3.8) is 0 Å². The number of nitrogens with one attached hydrogen (secondary N) is 1. The van der Waals surface area contributed by atoms with E-state index in [1.54, 1.807) is 25.4 Å². The van der Waals surface area contributed by atoms with Crippen LogP contribution in [-0.4, -0.2) is 32.6 Å². The molecule has 3 aromatic heterocycles. The third kappa shape index (κ3) is 4.95. The van der Waals surface area contributed by atoms with Gasteiger partial charge in [0.2, 0.25) is 11.8 Å². The zero-order valence-electron chi connectivity index (χ0n) is 19.5. The van der Waals surface area contributed by atoms with E-state index in [0.717, 1.165) is 33.9 Å². The van der Waals surface area contributed by atoms with Crippen molar-refractivity contribution in [1.29, 1.82) is 0 Å². The van der Waals surface area contributed by atoms with Crippen molar-refractivity contribution in [2.24, 2.45) is 0 Å². The lowest BCUT2D eigenvalue weighted by Gasteiger charge is -2.12. The molecule has 0 unspecified atom stereocenters. The highest BCUT2D eigenvalue weighted by atomic mass is 16.5. The van der Waals surface area contributed by atoms with Crippen molar-refractivity contribution in [3.05, 3.63) is 70.8 Å². The number of benzene rings is 1. The summed E-state index contributed by atoms with van der Waals surface area (Å²) >= 11 is 0. The van der Waals surface area contributed by atoms with E-state index in [2.05, 4.69) is 20.4 Å². The Morgan fingerprint density at radius 2 is 1.88 bits per heavy atom. The second kappa shape index (κ2) is 9.28. The minimum atomic E-state index is -0.0961. The van der Waals surface area contributed by atoms with Crippen LogP contribution in [0, 0.1) is 27.7 Å². The molecule has 0 saturated carbocycles. The van der Waals surface area contributed by atoms with Gasteiger partial charge in [0.1, 0.15) is 0 Å². The third-order valence-corrected chi connectivity index (χ3v) is 5.44. The Labute approximate surface area is 192 Å². The summed E-state index contributed by atoms with van der Waals surface area (Å²) < 4.78 is 13.0. The molecule has 3 heterocycles. The average molecular weight is 446 g/mol. The predicted molar refractivity (Wildman–Crippen MR) is 126 cm³/mol. The minimum absolute atomic E-state index is 0.0961. The molecule has 0 aliphatic carbocycles. The minimum Gasteiger partial charge on any atom is -0.493 e. The van der Waals surface area contributed by atoms with E-state index >= 15 is 0 Å². The van der Waals surface area contributed by atoms with E-state index in [1.165, 1.54) is 0 Å². The first-order valence-corrected chi connectivity index (χ1v) is 10.7. The molecule has 0 saturated heterocycles. The van der Waals surface area contributed by atoms with Gasteiger partial charge in [0.25, 0.3) is 0 Å². The maximum absolute atomic E-state index is 12.5. The second-order valence-electron chi connectivity index (χ2n) is 8.01. The average Bonchev–Trinajstić information content (AvgIpc) is 3.16. The van der Waals surface area contributed by atoms with Crippen LogP contribution in [0.15, 0.2) is 42.6 Å². The van der Waals surface area contributed by atoms with Crippen LogP contribution >= 0.6 is 0 Å². The fraction of sp³-hybridized carbons (Fsp3) is 0.280. The van der Waals surface area contributed by atoms with Crippen LogP contribution in [0.1, 0.15) is 34.6 Å². The van der Waals surface area contributed by atoms with Crippen LogP contribution in [0.2, 0.25) is 0 Å². The quantitative estimate of drug-likeness (QED) is 0.442. The normalized spacial score (nSPS) is 10.9. The van der Waals surface area contributed by atoms with Gasteiger partial charge in [0.05, 0.1) is 24.7 Å². The molecule has 0 bridgehead atoms. The van der Waals surface area contributed by atoms with Crippen LogP contribution in [0.25, 0.3) is 5.65 Å². The van der Waals surface area contributed by atoms with Gasteiger partial charge in [0.15, 0.2) is 17.1 Å². The van der Waals surface area contributed by atoms with E-state index in [-0.39, 0.29) is 5.91 Å². The Balaban J connectivity index is 1.38. The topological polar surface area (TPSA) is 90.6 Å². The molecule has 0 fully saturated rings. The number of aryl methyl sites for hydroxylation is 4. The lowest BCUT2D eigenvalue weighted by molar-refractivity contribution is -0.116. The van der Waals surface area contributed by atoms with Gasteiger partial charge < -0.3 is 14.8 Å². The van der Waals surface area contributed by atoms with Crippen molar-refractivity contribution in [2.75, 3.05) is 12.4 Å². The molecule has 8 nitrogen and oxygen atoms in total. The molecular weight excluding hydrogens is 418 g/mol. The molecule has 0 atom stereocenters. The molecule has 33 heavy (non-hydrogen) atoms. The van der Waals surface area contributed by atoms with Gasteiger partial charge in [-0.3, -0.25) is 4.79 Å². The zero-order chi connectivity index (χ0) is 23.5. The fourth-order valence-corrected chi connectivity index (χ4v) is 3.75. The number of amides is 1. The summed E-state index contributed by atoms with van der Waals surface area (Å²) in [5.41, 5.74) is 6.39. The Morgan fingerprint density at radius 1 is 1.06 bits per heavy atom. The Hall–Kier alpha value is -3.94. The molecule has 4 rings (SSSR count). The molecule has 1 N–H and O–H groups in total. The number of anilines is 1. The molecule has 0 spiro atoms. The monoisotopic (exact) mass is 445 g/mol. The molecule has 0 aliphatic rings. The molecule has 4 aromatic rings. The maximum Gasteiger partial charge on any atom is 0.224 e. The highest BCUT2D eigenvalue weighted by molar-refractivity contribution is 5.90. The number of pyridine rings is 1. The number of rotatable bonds is 7. The number of methoxy groups -OCH3 is 1. The number of nitrogens with zero attached hydrogens (tertiary/aromatic N) is 4. The molecule has 0 aliphatic heterocycles. The van der Waals surface area contributed by atoms with Gasteiger partial charge in [-0.05, 0) is 63.4 Å². The van der Waals surface area contributed by atoms with Crippen LogP contribution in [0.5, 0.6) is 17.4 Å². The standard InChI is InChI=1S/C25H27N5O3/c1-15-6-9-21(22(12-15)32-5)33-25-11-7-19(14-26-25)28-24(31)10-8-20-17(3)27-23-13-16(2)29-30(23)18(20)4/h6-7,9,11-14H,8,10H2,1-5H3,(H,28,31). The first kappa shape index (κ1) is 22.3. The third-order valence-electron chi connectivity index (χ3n) is 5.44. The van der Waals surface area contributed by atoms with Crippen molar-refractivity contribution in [3.8, 4) is 17.4 Å². The number of ether oxygens (including phenoxy) is 2. The lowest BCUT2D eigenvalue weighted by Crippen LogP contribution is -2.14. The molecule has 1 aromatic carbocycles. The van der Waals surface area contributed by atoms with E-state index in [4.69, 9.17) is 9.47 Å². The van der Waals surface area contributed by atoms with E-state index < -0.39 is 0 Å². The molecule has 0 radical (unpaired) electrons. The van der Waals surface area contributed by atoms with Crippen LogP contribution in [0.4, 0.5) is 5.69 Å². The summed E-state index contributed by atoms with van der Waals surface area (Å²) in [6.07, 6.45) is 2.48. The van der Waals surface area contributed by atoms with Crippen LogP contribution in [0.3, 0.4) is 0 Å². The van der Waals surface area contributed by atoms with Crippen molar-refractivity contribution in [1.82, 2.24) is 19.6 Å². The fourth-order valence-electron chi connectivity index (χ4n) is 3.75. The van der Waals surface area contributed by atoms with Crippen molar-refractivity contribution >= 4 is 17.2 Å². The Kier molecular flexibility index (Phi) is 6.26. The van der Waals surface area contributed by atoms with E-state index in [9.17, 15) is 4.79 Å². The first-order valence-electron chi connectivity index (χ1n) is 10.7. The van der Waals surface area contributed by atoms with Gasteiger partial charge in [-0.1, -0.05) is 6.07 Å². The summed E-state index contributed by atoms with van der Waals surface area (Å²) in [7, 11) is 1.60. The molecular formula is C25H27N5O3. The number of hydrogen-bond donors (Lipinski definition) is 1. The summed E-state index contributed by atoms with van der Waals surface area (Å²) in [5, 5.41) is 7.38.